The summed E-state index contributed by atoms with van der Waals surface area (Å²) in [7, 11) is 0. The molecule has 7 amide bonds. The first kappa shape index (κ1) is 66.2. The predicted octanol–water partition coefficient (Wildman–Crippen LogP) is 7.96. The van der Waals surface area contributed by atoms with Crippen LogP contribution in [0.2, 0.25) is 0 Å². The van der Waals surface area contributed by atoms with Crippen LogP contribution < -0.4 is 37.2 Å². The molecule has 20 heteroatoms. The van der Waals surface area contributed by atoms with Crippen molar-refractivity contribution in [3.63, 3.8) is 0 Å². The number of hydrogen-bond acceptors (Lipinski definition) is 12. The number of alkyl carbamates (subject to hydrolysis) is 2. The highest BCUT2D eigenvalue weighted by Gasteiger charge is 2.59. The summed E-state index contributed by atoms with van der Waals surface area (Å²) in [4.78, 5) is 108. The Labute approximate surface area is 507 Å². The number of ether oxygens (including phenoxy) is 2. The molecule has 4 aliphatic rings. The van der Waals surface area contributed by atoms with Crippen LogP contribution in [0.5, 0.6) is 0 Å². The van der Waals surface area contributed by atoms with Gasteiger partial charge in [0.2, 0.25) is 29.5 Å². The van der Waals surface area contributed by atoms with Crippen LogP contribution in [-0.2, 0) is 64.4 Å². The fourth-order valence-electron chi connectivity index (χ4n) is 13.9. The average molecular weight is 1190 g/mol. The number of fused-ring (bicyclic) bond motifs is 5. The van der Waals surface area contributed by atoms with E-state index in [2.05, 4.69) is 74.4 Å². The number of nitrogens with zero attached hydrogens (tertiary/aromatic N) is 3. The van der Waals surface area contributed by atoms with Crippen molar-refractivity contribution in [2.24, 2.45) is 52.3 Å². The monoisotopic (exact) mass is 1190 g/mol. The third-order valence-electron chi connectivity index (χ3n) is 18.6. The van der Waals surface area contributed by atoms with Crippen LogP contribution >= 0.6 is 0 Å². The third-order valence-corrected chi connectivity index (χ3v) is 18.6. The summed E-state index contributed by atoms with van der Waals surface area (Å²) in [6.07, 6.45) is 14.8. The number of carbonyl (C=O) groups is 8. The highest BCUT2D eigenvalue weighted by molar-refractivity contribution is 6.01. The molecular weight excluding hydrogens is 1090 g/mol. The van der Waals surface area contributed by atoms with Gasteiger partial charge in [0.15, 0.2) is 5.78 Å². The highest BCUT2D eigenvalue weighted by Crippen LogP contribution is 2.67. The molecule has 3 aromatic rings. The van der Waals surface area contributed by atoms with Crippen LogP contribution in [0.15, 0.2) is 90.7 Å². The number of benzene rings is 2. The van der Waals surface area contributed by atoms with Crippen molar-refractivity contribution in [3.05, 3.63) is 107 Å². The van der Waals surface area contributed by atoms with Crippen molar-refractivity contribution in [1.82, 2.24) is 52.2 Å². The highest BCUT2D eigenvalue weighted by atomic mass is 16.6. The van der Waals surface area contributed by atoms with E-state index in [0.717, 1.165) is 43.2 Å². The van der Waals surface area contributed by atoms with E-state index in [1.54, 1.807) is 59.8 Å². The van der Waals surface area contributed by atoms with Gasteiger partial charge in [-0.05, 0) is 149 Å². The number of aromatic nitrogens is 3. The Morgan fingerprint density at radius 2 is 1.45 bits per heavy atom. The van der Waals surface area contributed by atoms with Crippen molar-refractivity contribution >= 4 is 47.5 Å². The molecule has 7 rings (SSSR count). The Balaban J connectivity index is 0.951. The maximum Gasteiger partial charge on any atom is 0.408 e. The molecule has 0 unspecified atom stereocenters. The van der Waals surface area contributed by atoms with E-state index >= 15 is 0 Å². The van der Waals surface area contributed by atoms with Crippen LogP contribution in [0.3, 0.4) is 0 Å². The Morgan fingerprint density at radius 3 is 2.14 bits per heavy atom. The number of hydrogen-bond donors (Lipinski definition) is 7. The largest absolute Gasteiger partial charge is 0.445 e. The van der Waals surface area contributed by atoms with Gasteiger partial charge in [-0.1, -0.05) is 132 Å². The van der Waals surface area contributed by atoms with E-state index in [9.17, 15) is 38.4 Å². The Morgan fingerprint density at radius 1 is 0.744 bits per heavy atom. The molecule has 1 aromatic heterocycles. The topological polar surface area (TPSA) is 270 Å². The number of ketones is 1. The number of amides is 7. The van der Waals surface area contributed by atoms with Gasteiger partial charge in [-0.15, -0.1) is 5.10 Å². The van der Waals surface area contributed by atoms with Gasteiger partial charge >= 0.3 is 12.2 Å². The number of rotatable bonds is 27. The molecule has 0 aliphatic heterocycles. The molecule has 3 saturated carbocycles. The fourth-order valence-corrected chi connectivity index (χ4v) is 13.9. The summed E-state index contributed by atoms with van der Waals surface area (Å²) in [5, 5.41) is 28.3. The quantitative estimate of drug-likeness (QED) is 0.0358. The molecule has 0 saturated heterocycles. The Bertz CT molecular complexity index is 2900. The minimum atomic E-state index is -1.17. The molecule has 3 fully saturated rings. The lowest BCUT2D eigenvalue weighted by Crippen LogP contribution is -2.59. The summed E-state index contributed by atoms with van der Waals surface area (Å²) in [6.45, 7) is 20.0. The van der Waals surface area contributed by atoms with Crippen LogP contribution in [-0.4, -0.2) is 105 Å². The van der Waals surface area contributed by atoms with Gasteiger partial charge in [0.05, 0.1) is 19.3 Å². The lowest BCUT2D eigenvalue weighted by molar-refractivity contribution is -0.134. The van der Waals surface area contributed by atoms with Gasteiger partial charge in [0.25, 0.3) is 0 Å². The first-order valence-electron chi connectivity index (χ1n) is 31.1. The maximum absolute atomic E-state index is 14.2. The molecule has 0 spiro atoms. The second kappa shape index (κ2) is 29.8. The molecule has 0 bridgehead atoms. The standard InChI is InChI=1S/C66H94N10O10/c1-11-42(4)57(73-63(84)86-64(6,7)8)61(82)71-54(34-44-20-14-12-15-21-44)59(80)72-56(41(2)3)60(81)69-37-55(78)70-53(24-18-19-33-67-62(83)85-40-45-22-16-13-17-23-45)58(79)68-36-47-39-76(75-74-47)38-43(5)50-27-28-51-49-26-25-46-35-48(77)29-31-65(46,9)52(49)30-32-66(50,51)10/h12-17,20-23,29,31,35,39,41-43,49-54,56-57H,11,18-19,24-28,30,32-34,36-38,40H2,1-10H3,(H,67,83)(H,68,79)(H,69,81)(H,70,78)(H,71,82)(H,72,80)(H,73,84)/t42-,43+,49-,50+,51-,52-,53-,54-,56-,57-,65-,66+/m0/s1. The predicted molar refractivity (Wildman–Crippen MR) is 326 cm³/mol. The molecule has 4 aliphatic carbocycles. The van der Waals surface area contributed by atoms with Crippen molar-refractivity contribution in [2.75, 3.05) is 13.1 Å². The number of unbranched alkanes of at least 4 members (excludes halogenated alkanes) is 1. The van der Waals surface area contributed by atoms with Crippen LogP contribution in [0.25, 0.3) is 0 Å². The van der Waals surface area contributed by atoms with E-state index in [1.807, 2.05) is 72.4 Å². The summed E-state index contributed by atoms with van der Waals surface area (Å²) >= 11 is 0. The first-order chi connectivity index (χ1) is 40.9. The minimum absolute atomic E-state index is 0.0424. The summed E-state index contributed by atoms with van der Waals surface area (Å²) in [6, 6.07) is 14.0. The first-order valence-corrected chi connectivity index (χ1v) is 31.1. The van der Waals surface area contributed by atoms with Crippen LogP contribution in [0.1, 0.15) is 150 Å². The third kappa shape index (κ3) is 17.6. The molecule has 2 aromatic carbocycles. The van der Waals surface area contributed by atoms with Gasteiger partial charge in [0.1, 0.15) is 42.1 Å². The normalized spacial score (nSPS) is 23.5. The van der Waals surface area contributed by atoms with Crippen LogP contribution in [0.4, 0.5) is 9.59 Å². The maximum atomic E-state index is 14.2. The summed E-state index contributed by atoms with van der Waals surface area (Å²) < 4.78 is 12.6. The zero-order valence-electron chi connectivity index (χ0n) is 52.2. The minimum Gasteiger partial charge on any atom is -0.445 e. The molecule has 20 nitrogen and oxygen atoms in total. The number of nitrogens with one attached hydrogen (secondary N) is 7. The van der Waals surface area contributed by atoms with Gasteiger partial charge in [-0.3, -0.25) is 33.4 Å². The summed E-state index contributed by atoms with van der Waals surface area (Å²) in [5.74, 6) is -1.12. The second-order valence-electron chi connectivity index (χ2n) is 26.3. The average Bonchev–Trinajstić information content (AvgIpc) is 1.66. The van der Waals surface area contributed by atoms with E-state index in [-0.39, 0.29) is 55.1 Å². The van der Waals surface area contributed by atoms with Gasteiger partial charge < -0.3 is 46.7 Å². The van der Waals surface area contributed by atoms with Crippen molar-refractivity contribution < 1.29 is 47.8 Å². The Kier molecular flexibility index (Phi) is 22.9. The number of carbonyl (C=O) groups excluding carboxylic acids is 8. The molecule has 0 radical (unpaired) electrons. The SMILES string of the molecule is CC[C@H](C)[C@H](NC(=O)OC(C)(C)C)C(=O)N[C@@H](Cc1ccccc1)C(=O)N[C@H](C(=O)NCC(=O)N[C@@H](CCCCNC(=O)OCc1ccccc1)C(=O)NCc1cn(C[C@@H](C)[C@H]2CC[C@H]3[C@@H]4CCC5=CC(=O)C=C[C@]5(C)[C@H]4CC[C@]23C)nn1)C(C)C. The molecule has 86 heavy (non-hydrogen) atoms. The van der Waals surface area contributed by atoms with E-state index in [0.29, 0.717) is 61.1 Å². The fraction of sp³-hybridized carbons (Fsp3) is 0.606. The van der Waals surface area contributed by atoms with Gasteiger partial charge in [-0.2, -0.15) is 0 Å². The van der Waals surface area contributed by atoms with Crippen molar-refractivity contribution in [2.45, 2.75) is 189 Å². The van der Waals surface area contributed by atoms with Crippen LogP contribution in [0, 0.1) is 52.3 Å². The van der Waals surface area contributed by atoms with Gasteiger partial charge in [0, 0.05) is 24.9 Å². The Hall–Kier alpha value is -7.38. The smallest absolute Gasteiger partial charge is 0.408 e. The van der Waals surface area contributed by atoms with Gasteiger partial charge in [-0.25, -0.2) is 9.59 Å². The number of allylic oxidation sites excluding steroid dienone is 4. The zero-order chi connectivity index (χ0) is 62.3. The van der Waals surface area contributed by atoms with E-state index in [4.69, 9.17) is 9.47 Å². The molecular formula is C66H94N10O10. The molecule has 1 heterocycles. The van der Waals surface area contributed by atoms with Crippen molar-refractivity contribution in [1.29, 1.82) is 0 Å². The van der Waals surface area contributed by atoms with Crippen molar-refractivity contribution in [3.8, 4) is 0 Å². The lowest BCUT2D eigenvalue weighted by Gasteiger charge is -2.57. The summed E-state index contributed by atoms with van der Waals surface area (Å²) in [5.41, 5.74) is 2.78. The lowest BCUT2D eigenvalue weighted by atomic mass is 9.47. The van der Waals surface area contributed by atoms with E-state index in [1.165, 1.54) is 12.0 Å². The second-order valence-corrected chi connectivity index (χ2v) is 26.3. The molecule has 468 valence electrons. The molecule has 12 atom stereocenters. The molecule has 7 N–H and O–H groups in total. The zero-order valence-corrected chi connectivity index (χ0v) is 52.2. The van der Waals surface area contributed by atoms with E-state index < -0.39 is 84.0 Å².